The van der Waals surface area contributed by atoms with Gasteiger partial charge >= 0.3 is 95.5 Å². The Hall–Kier alpha value is -9.53. The molecule has 0 bridgehead atoms. The van der Waals surface area contributed by atoms with Gasteiger partial charge in [-0.05, 0) is 5.53 Å². The number of hydrogen-bond acceptors (Lipinski definition) is 42. The van der Waals surface area contributed by atoms with Gasteiger partial charge in [0.2, 0.25) is 0 Å². The molecular weight excluding hydrogens is 1440 g/mol. The zero-order chi connectivity index (χ0) is 79.3. The van der Waals surface area contributed by atoms with Crippen LogP contribution in [0.4, 0.5) is 0 Å². The summed E-state index contributed by atoms with van der Waals surface area (Å²) in [6, 6.07) is 0. The first-order chi connectivity index (χ1) is 49.7. The van der Waals surface area contributed by atoms with Crippen molar-refractivity contribution in [1.82, 2.24) is 0 Å². The van der Waals surface area contributed by atoms with E-state index < -0.39 is 282 Å². The lowest BCUT2D eigenvalue weighted by atomic mass is 9.94. The van der Waals surface area contributed by atoms with E-state index in [1.54, 1.807) is 0 Å². The summed E-state index contributed by atoms with van der Waals surface area (Å²) >= 11 is 0. The summed E-state index contributed by atoms with van der Waals surface area (Å²) < 4.78 is 147. The Kier molecular flexibility index (Phi) is 33.1. The molecule has 5 fully saturated rings. The maximum absolute atomic E-state index is 13.8. The van der Waals surface area contributed by atoms with E-state index in [9.17, 15) is 82.2 Å². The fourth-order valence-electron chi connectivity index (χ4n) is 11.5. The zero-order valence-corrected chi connectivity index (χ0v) is 60.0. The summed E-state index contributed by atoms with van der Waals surface area (Å²) in [7, 11) is 0. The number of hydrogen-bond donors (Lipinski definition) is 0. The van der Waals surface area contributed by atoms with E-state index in [1.807, 2.05) is 0 Å². The number of carbonyl (C=O) groups excluding carboxylic acids is 16. The van der Waals surface area contributed by atoms with Crippen LogP contribution in [0.1, 0.15) is 111 Å². The Morgan fingerprint density at radius 3 is 0.613 bits per heavy atom. The van der Waals surface area contributed by atoms with Crippen molar-refractivity contribution in [2.75, 3.05) is 33.0 Å². The van der Waals surface area contributed by atoms with E-state index in [-0.39, 0.29) is 0 Å². The van der Waals surface area contributed by atoms with Crippen LogP contribution in [0.2, 0.25) is 0 Å². The maximum Gasteiger partial charge on any atom is 0.303 e. The second-order valence-electron chi connectivity index (χ2n) is 23.7. The highest BCUT2D eigenvalue weighted by molar-refractivity contribution is 5.72. The lowest BCUT2D eigenvalue weighted by Gasteiger charge is -2.51. The van der Waals surface area contributed by atoms with Gasteiger partial charge in [-0.1, -0.05) is 5.11 Å². The van der Waals surface area contributed by atoms with Crippen LogP contribution in [0.25, 0.3) is 10.4 Å². The van der Waals surface area contributed by atoms with Crippen molar-refractivity contribution in [3.8, 4) is 0 Å². The van der Waals surface area contributed by atoms with Crippen molar-refractivity contribution in [3.63, 3.8) is 0 Å². The molecule has 106 heavy (non-hydrogen) atoms. The van der Waals surface area contributed by atoms with Gasteiger partial charge < -0.3 is 118 Å². The highest BCUT2D eigenvalue weighted by Gasteiger charge is 2.63. The van der Waals surface area contributed by atoms with Gasteiger partial charge in [0.05, 0.1) is 0 Å². The minimum absolute atomic E-state index is 0.759. The van der Waals surface area contributed by atoms with Crippen molar-refractivity contribution in [1.29, 1.82) is 0 Å². The van der Waals surface area contributed by atoms with Gasteiger partial charge in [0.1, 0.15) is 88.0 Å². The Balaban J connectivity index is 1.86. The van der Waals surface area contributed by atoms with Gasteiger partial charge in [-0.15, -0.1) is 0 Å². The van der Waals surface area contributed by atoms with E-state index in [4.69, 9.17) is 118 Å². The van der Waals surface area contributed by atoms with Gasteiger partial charge in [-0.3, -0.25) is 76.7 Å². The second kappa shape index (κ2) is 40.3. The first kappa shape index (κ1) is 87.1. The molecule has 0 amide bonds. The number of esters is 16. The van der Waals surface area contributed by atoms with Crippen molar-refractivity contribution >= 4 is 95.5 Å². The van der Waals surface area contributed by atoms with Crippen LogP contribution in [0, 0.1) is 0 Å². The van der Waals surface area contributed by atoms with Gasteiger partial charge in [0.25, 0.3) is 0 Å². The second-order valence-corrected chi connectivity index (χ2v) is 23.7. The van der Waals surface area contributed by atoms with Crippen molar-refractivity contribution in [3.05, 3.63) is 10.4 Å². The van der Waals surface area contributed by atoms with Crippen LogP contribution in [0.3, 0.4) is 0 Å². The van der Waals surface area contributed by atoms with E-state index in [0.29, 0.717) is 0 Å². The zero-order valence-electron chi connectivity index (χ0n) is 60.0. The number of azide groups is 1. The maximum atomic E-state index is 13.8. The molecule has 1 unspecified atom stereocenters. The highest BCUT2D eigenvalue weighted by atomic mass is 16.8. The fraction of sp³-hybridized carbons (Fsp3) is 0.742. The summed E-state index contributed by atoms with van der Waals surface area (Å²) in [5.41, 5.74) is 9.92. The molecule has 592 valence electrons. The topological polar surface area (TPSA) is 553 Å². The van der Waals surface area contributed by atoms with E-state index >= 15 is 0 Å². The smallest absolute Gasteiger partial charge is 0.303 e. The summed E-state index contributed by atoms with van der Waals surface area (Å²) in [4.78, 5) is 211. The molecule has 44 nitrogen and oxygen atoms in total. The molecule has 0 aromatic rings. The molecule has 0 spiro atoms. The summed E-state index contributed by atoms with van der Waals surface area (Å²) in [6.45, 7) is 9.72. The van der Waals surface area contributed by atoms with Crippen LogP contribution in [0.15, 0.2) is 5.11 Å². The van der Waals surface area contributed by atoms with E-state index in [0.717, 1.165) is 111 Å². The quantitative estimate of drug-likeness (QED) is 0.0260. The molecular formula is C62H83N3O41. The predicted molar refractivity (Wildman–Crippen MR) is 326 cm³/mol. The van der Waals surface area contributed by atoms with Crippen molar-refractivity contribution in [2.24, 2.45) is 5.11 Å². The molecule has 0 saturated carbocycles. The van der Waals surface area contributed by atoms with Gasteiger partial charge in [-0.25, -0.2) is 0 Å². The molecule has 5 heterocycles. The average Bonchev–Trinajstić information content (AvgIpc) is 0.759. The minimum Gasteiger partial charge on any atom is -0.463 e. The number of rotatable bonds is 30. The lowest BCUT2D eigenvalue weighted by molar-refractivity contribution is -0.394. The van der Waals surface area contributed by atoms with Crippen LogP contribution in [0.5, 0.6) is 0 Å². The molecule has 5 rings (SSSR count). The lowest BCUT2D eigenvalue weighted by Crippen LogP contribution is -2.70. The van der Waals surface area contributed by atoms with Gasteiger partial charge in [0, 0.05) is 116 Å². The van der Waals surface area contributed by atoms with Crippen LogP contribution < -0.4 is 0 Å². The van der Waals surface area contributed by atoms with Crippen LogP contribution in [-0.2, 0) is 195 Å². The summed E-state index contributed by atoms with van der Waals surface area (Å²) in [6.07, 6.45) is -52.9. The SMILES string of the molecule is CC(=O)OC[C@H]1O[C@H](O[C@@H]2[C@H](OC(C)=O)[C@@H](O[C@@H]3[C@H](OC(C)=O)[C@@H](O[C@@H]4[C@H](OC(C)=O)[C@@H](O[C@@H]5C(N=[N+]=[N-])O[C@H](COC(C)=O)[C@@H](OC(C)=O)[C@@H]5OC(C)=O)O[C@H](COC(C)=O)[C@H]4OC(C)=O)O[C@H](COC(C)=O)[C@H]3OC(C)=O)O[C@H](COC(C)=O)[C@H]2OC(C)=O)[C@@H](OC(C)=O)[C@@H](OC(C)=O)[C@@H]1OC(C)=O. The van der Waals surface area contributed by atoms with Crippen molar-refractivity contribution in [2.45, 2.75) is 264 Å². The monoisotopic (exact) mass is 1530 g/mol. The first-order valence-electron chi connectivity index (χ1n) is 32.2. The largest absolute Gasteiger partial charge is 0.463 e. The van der Waals surface area contributed by atoms with Crippen LogP contribution in [-0.4, -0.2) is 282 Å². The normalized spacial score (nSPS) is 32.4. The highest BCUT2D eigenvalue weighted by Crippen LogP contribution is 2.42. The number of ether oxygens (including phenoxy) is 25. The Bertz CT molecular complexity index is 3270. The fourth-order valence-corrected chi connectivity index (χ4v) is 11.5. The third kappa shape index (κ3) is 25.9. The number of nitrogens with zero attached hydrogens (tertiary/aromatic N) is 3. The molecule has 5 aliphatic heterocycles. The molecule has 0 aromatic heterocycles. The van der Waals surface area contributed by atoms with E-state index in [2.05, 4.69) is 10.0 Å². The predicted octanol–water partition coefficient (Wildman–Crippen LogP) is -1.47. The molecule has 25 atom stereocenters. The third-order valence-electron chi connectivity index (χ3n) is 14.9. The third-order valence-corrected chi connectivity index (χ3v) is 14.9. The van der Waals surface area contributed by atoms with Gasteiger partial charge in [0.15, 0.2) is 98.5 Å². The summed E-state index contributed by atoms with van der Waals surface area (Å²) in [5.74, 6) is -17.8. The Morgan fingerprint density at radius 1 is 0.236 bits per heavy atom. The van der Waals surface area contributed by atoms with Gasteiger partial charge in [-0.2, -0.15) is 0 Å². The Morgan fingerprint density at radius 2 is 0.406 bits per heavy atom. The average molecular weight is 1530 g/mol. The molecule has 44 heteroatoms. The molecule has 0 aromatic carbocycles. The molecule has 0 radical (unpaired) electrons. The standard InChI is InChI=1S/C62H83N3O41/c1-22(66)82-17-38-43(87-27(6)71)48(92-32(11)76)53(58(98-38)64-65-63)106-62-57(97-37(16)81)52(47(91-31(10)75)42(102-62)21-86-26(5)70)105-61-56(96-36(15)80)51(46(90-30(9)74)41(101-61)20-85-25(4)69)104-60-55(95-35(14)79)50(45(89-29(8)73)40(100-60)19-84-24(3)68)103-59-54(94-34(13)78)49(93-33(12)77)44(88-28(7)72)39(99-59)18-83-23(2)67/h38-62H,17-21H2,1-16H3/t38-,39-,40-,41-,42-,43-,44-,45-,46-,47-,48+,49+,50+,51+,52+,53+,54+,55+,56+,57+,58?,59-,60-,61-,62-/m1/s1. The Labute approximate surface area is 602 Å². The van der Waals surface area contributed by atoms with E-state index in [1.165, 1.54) is 0 Å². The number of carbonyl (C=O) groups is 16. The molecule has 0 N–H and O–H groups in total. The summed E-state index contributed by atoms with van der Waals surface area (Å²) in [5, 5.41) is 3.63. The minimum atomic E-state index is -2.47. The van der Waals surface area contributed by atoms with Crippen LogP contribution >= 0.6 is 0 Å². The van der Waals surface area contributed by atoms with Crippen molar-refractivity contribution < 1.29 is 195 Å². The first-order valence-corrected chi connectivity index (χ1v) is 32.2. The molecule has 0 aliphatic carbocycles. The molecule has 5 saturated heterocycles. The molecule has 5 aliphatic rings.